The normalized spacial score (nSPS) is 11.1. The molecule has 1 aromatic heterocycles. The summed E-state index contributed by atoms with van der Waals surface area (Å²) < 4.78 is 10.6. The van der Waals surface area contributed by atoms with Crippen LogP contribution in [0.1, 0.15) is 30.7 Å². The second-order valence-electron chi connectivity index (χ2n) is 4.48. The lowest BCUT2D eigenvalue weighted by molar-refractivity contribution is 0.182. The molecule has 0 atom stereocenters. The summed E-state index contributed by atoms with van der Waals surface area (Å²) in [6.45, 7) is 6.36. The number of nitrogens with zero attached hydrogens (tertiary/aromatic N) is 1. The van der Waals surface area contributed by atoms with Crippen molar-refractivity contribution in [2.24, 2.45) is 0 Å². The number of hydrogen-bond donors (Lipinski definition) is 0. The quantitative estimate of drug-likeness (QED) is 0.749. The topological polar surface area (TPSA) is 31.4 Å². The van der Waals surface area contributed by atoms with E-state index in [0.717, 1.165) is 22.6 Å². The summed E-state index contributed by atoms with van der Waals surface area (Å²) in [7, 11) is 3.29. The van der Waals surface area contributed by atoms with Gasteiger partial charge in [0.05, 0.1) is 24.8 Å². The van der Waals surface area contributed by atoms with Gasteiger partial charge < -0.3 is 9.47 Å². The van der Waals surface area contributed by atoms with Crippen molar-refractivity contribution < 1.29 is 9.47 Å². The molecule has 92 valence electrons. The molecular weight excluding hydrogens is 214 g/mol. The minimum absolute atomic E-state index is 0.410. The number of methoxy groups -OCH3 is 2. The average Bonchev–Trinajstić information content (AvgIpc) is 2.31. The van der Waals surface area contributed by atoms with Crippen molar-refractivity contribution >= 4 is 0 Å². The largest absolute Gasteiger partial charge is 0.494 e. The highest BCUT2D eigenvalue weighted by Gasteiger charge is 2.27. The Morgan fingerprint density at radius 2 is 2.06 bits per heavy atom. The van der Waals surface area contributed by atoms with Gasteiger partial charge in [0.1, 0.15) is 5.75 Å². The van der Waals surface area contributed by atoms with Gasteiger partial charge in [-0.3, -0.25) is 4.98 Å². The fraction of sp³-hybridized carbons (Fsp3) is 0.500. The summed E-state index contributed by atoms with van der Waals surface area (Å²) in [4.78, 5) is 4.30. The van der Waals surface area contributed by atoms with Gasteiger partial charge in [-0.1, -0.05) is 5.92 Å². The van der Waals surface area contributed by atoms with Crippen LogP contribution in [0.2, 0.25) is 0 Å². The van der Waals surface area contributed by atoms with Crippen LogP contribution < -0.4 is 4.74 Å². The van der Waals surface area contributed by atoms with Crippen LogP contribution in [-0.2, 0) is 16.8 Å². The minimum Gasteiger partial charge on any atom is -0.494 e. The number of terminal acetylenes is 1. The van der Waals surface area contributed by atoms with Gasteiger partial charge in [0.15, 0.2) is 0 Å². The first kappa shape index (κ1) is 13.5. The highest BCUT2D eigenvalue weighted by Crippen LogP contribution is 2.35. The molecule has 1 aromatic rings. The predicted molar refractivity (Wildman–Crippen MR) is 68.1 cm³/mol. The van der Waals surface area contributed by atoms with E-state index in [1.165, 1.54) is 0 Å². The van der Waals surface area contributed by atoms with E-state index in [2.05, 4.69) is 10.9 Å². The van der Waals surface area contributed by atoms with Crippen LogP contribution in [0.25, 0.3) is 0 Å². The number of hydrogen-bond acceptors (Lipinski definition) is 3. The maximum Gasteiger partial charge on any atom is 0.145 e. The second-order valence-corrected chi connectivity index (χ2v) is 4.48. The lowest BCUT2D eigenvalue weighted by Crippen LogP contribution is -2.19. The highest BCUT2D eigenvalue weighted by molar-refractivity contribution is 5.49. The molecule has 0 saturated carbocycles. The Hall–Kier alpha value is -1.53. The number of aromatic nitrogens is 1. The lowest BCUT2D eigenvalue weighted by atomic mass is 9.82. The molecule has 0 aromatic carbocycles. The third-order valence-electron chi connectivity index (χ3n) is 2.78. The van der Waals surface area contributed by atoms with E-state index in [1.807, 2.05) is 20.8 Å². The van der Waals surface area contributed by atoms with Crippen molar-refractivity contribution in [1.29, 1.82) is 0 Å². The summed E-state index contributed by atoms with van der Waals surface area (Å²) in [5, 5.41) is 0. The van der Waals surface area contributed by atoms with Crippen LogP contribution in [0, 0.1) is 19.3 Å². The molecule has 0 spiro atoms. The van der Waals surface area contributed by atoms with Crippen LogP contribution in [-0.4, -0.2) is 19.2 Å². The van der Waals surface area contributed by atoms with E-state index in [9.17, 15) is 0 Å². The zero-order valence-electron chi connectivity index (χ0n) is 11.1. The summed E-state index contributed by atoms with van der Waals surface area (Å²) in [5.41, 5.74) is 2.38. The summed E-state index contributed by atoms with van der Waals surface area (Å²) in [6, 6.07) is 0. The number of ether oxygens (including phenoxy) is 2. The molecule has 0 saturated heterocycles. The maximum atomic E-state index is 5.61. The van der Waals surface area contributed by atoms with Crippen molar-refractivity contribution in [3.05, 3.63) is 23.0 Å². The first-order chi connectivity index (χ1) is 7.97. The number of aryl methyl sites for hydroxylation is 1. The van der Waals surface area contributed by atoms with E-state index in [0.29, 0.717) is 6.61 Å². The van der Waals surface area contributed by atoms with E-state index in [1.54, 1.807) is 20.4 Å². The van der Waals surface area contributed by atoms with Gasteiger partial charge in [-0.2, -0.15) is 0 Å². The highest BCUT2D eigenvalue weighted by atomic mass is 16.5. The Morgan fingerprint density at radius 1 is 1.41 bits per heavy atom. The predicted octanol–water partition coefficient (Wildman–Crippen LogP) is 2.46. The fourth-order valence-corrected chi connectivity index (χ4v) is 1.90. The standard InChI is InChI=1S/C14H19NO2/c1-7-14(3,4)12-11(9-16-5)8-15-10(2)13(12)17-6/h1,8H,9H2,2-6H3. The molecule has 0 unspecified atom stereocenters. The molecule has 1 heterocycles. The molecule has 3 heteroatoms. The van der Waals surface area contributed by atoms with E-state index in [4.69, 9.17) is 15.9 Å². The third-order valence-corrected chi connectivity index (χ3v) is 2.78. The SMILES string of the molecule is C#CC(C)(C)c1c(COC)cnc(C)c1OC. The van der Waals surface area contributed by atoms with E-state index in [-0.39, 0.29) is 0 Å². The summed E-state index contributed by atoms with van der Waals surface area (Å²) in [5.74, 6) is 3.55. The molecule has 0 amide bonds. The van der Waals surface area contributed by atoms with Gasteiger partial charge in [0, 0.05) is 24.4 Å². The van der Waals surface area contributed by atoms with Crippen molar-refractivity contribution in [2.75, 3.05) is 14.2 Å². The van der Waals surface area contributed by atoms with Crippen LogP contribution >= 0.6 is 0 Å². The van der Waals surface area contributed by atoms with Crippen LogP contribution in [0.5, 0.6) is 5.75 Å². The monoisotopic (exact) mass is 233 g/mol. The van der Waals surface area contributed by atoms with Gasteiger partial charge in [-0.15, -0.1) is 6.42 Å². The molecule has 17 heavy (non-hydrogen) atoms. The Balaban J connectivity index is 3.51. The van der Waals surface area contributed by atoms with Gasteiger partial charge in [0.2, 0.25) is 0 Å². The fourth-order valence-electron chi connectivity index (χ4n) is 1.90. The van der Waals surface area contributed by atoms with Gasteiger partial charge in [-0.05, 0) is 20.8 Å². The van der Waals surface area contributed by atoms with Gasteiger partial charge in [0.25, 0.3) is 0 Å². The second kappa shape index (κ2) is 5.20. The molecule has 0 bridgehead atoms. The minimum atomic E-state index is -0.410. The van der Waals surface area contributed by atoms with Crippen LogP contribution in [0.15, 0.2) is 6.20 Å². The number of rotatable bonds is 4. The molecule has 0 radical (unpaired) electrons. The summed E-state index contributed by atoms with van der Waals surface area (Å²) >= 11 is 0. The Labute approximate surface area is 103 Å². The molecule has 0 aliphatic carbocycles. The smallest absolute Gasteiger partial charge is 0.145 e. The summed E-state index contributed by atoms with van der Waals surface area (Å²) in [6.07, 6.45) is 7.41. The van der Waals surface area contributed by atoms with Gasteiger partial charge in [-0.25, -0.2) is 0 Å². The Morgan fingerprint density at radius 3 is 2.53 bits per heavy atom. The third kappa shape index (κ3) is 2.59. The van der Waals surface area contributed by atoms with Crippen molar-refractivity contribution in [3.8, 4) is 18.1 Å². The average molecular weight is 233 g/mol. The molecule has 1 rings (SSSR count). The maximum absolute atomic E-state index is 5.61. The van der Waals surface area contributed by atoms with E-state index >= 15 is 0 Å². The molecule has 0 N–H and O–H groups in total. The van der Waals surface area contributed by atoms with Crippen molar-refractivity contribution in [3.63, 3.8) is 0 Å². The zero-order valence-corrected chi connectivity index (χ0v) is 11.1. The Kier molecular flexibility index (Phi) is 4.14. The van der Waals surface area contributed by atoms with Crippen LogP contribution in [0.3, 0.4) is 0 Å². The molecule has 0 aliphatic rings. The van der Waals surface area contributed by atoms with Crippen molar-refractivity contribution in [2.45, 2.75) is 32.8 Å². The van der Waals surface area contributed by atoms with Crippen LogP contribution in [0.4, 0.5) is 0 Å². The van der Waals surface area contributed by atoms with Gasteiger partial charge >= 0.3 is 0 Å². The molecular formula is C14H19NO2. The van der Waals surface area contributed by atoms with Crippen molar-refractivity contribution in [1.82, 2.24) is 4.98 Å². The Bertz CT molecular complexity index is 444. The zero-order chi connectivity index (χ0) is 13.1. The van der Waals surface area contributed by atoms with E-state index < -0.39 is 5.41 Å². The number of pyridine rings is 1. The molecule has 0 aliphatic heterocycles. The lowest BCUT2D eigenvalue weighted by Gasteiger charge is -2.25. The first-order valence-electron chi connectivity index (χ1n) is 5.47. The molecule has 0 fully saturated rings. The first-order valence-corrected chi connectivity index (χ1v) is 5.47. The molecule has 3 nitrogen and oxygen atoms in total.